The first-order valence-electron chi connectivity index (χ1n) is 8.04. The van der Waals surface area contributed by atoms with E-state index in [0.717, 1.165) is 0 Å². The molecule has 0 bridgehead atoms. The highest BCUT2D eigenvalue weighted by Gasteiger charge is 2.20. The van der Waals surface area contributed by atoms with Crippen LogP contribution in [0.3, 0.4) is 0 Å². The first-order chi connectivity index (χ1) is 12.6. The number of hydrogen-bond donors (Lipinski definition) is 1. The number of amides is 2. The van der Waals surface area contributed by atoms with E-state index in [-0.39, 0.29) is 24.9 Å². The lowest BCUT2D eigenvalue weighted by atomic mass is 10.2. The number of furan rings is 1. The molecule has 0 unspecified atom stereocenters. The number of hydrogen-bond acceptors (Lipinski definition) is 3. The Balaban J connectivity index is 1.75. The summed E-state index contributed by atoms with van der Waals surface area (Å²) in [6, 6.07) is 17.6. The van der Waals surface area contributed by atoms with Gasteiger partial charge in [0, 0.05) is 11.3 Å². The van der Waals surface area contributed by atoms with Crippen molar-refractivity contribution in [3.05, 3.63) is 90.1 Å². The number of nitrogens with zero attached hydrogens (tertiary/aromatic N) is 1. The molecule has 0 radical (unpaired) electrons. The molecule has 26 heavy (non-hydrogen) atoms. The van der Waals surface area contributed by atoms with Crippen LogP contribution in [0.15, 0.2) is 77.4 Å². The van der Waals surface area contributed by atoms with Crippen molar-refractivity contribution < 1.29 is 18.4 Å². The summed E-state index contributed by atoms with van der Waals surface area (Å²) in [7, 11) is 0. The number of carbonyl (C=O) groups is 2. The third-order valence-corrected chi connectivity index (χ3v) is 3.70. The van der Waals surface area contributed by atoms with Crippen LogP contribution < -0.4 is 5.32 Å². The van der Waals surface area contributed by atoms with Crippen molar-refractivity contribution in [2.24, 2.45) is 0 Å². The maximum Gasteiger partial charge on any atom is 0.254 e. The first kappa shape index (κ1) is 17.4. The van der Waals surface area contributed by atoms with Gasteiger partial charge in [0.15, 0.2) is 0 Å². The predicted octanol–water partition coefficient (Wildman–Crippen LogP) is 3.70. The van der Waals surface area contributed by atoms with Crippen LogP contribution in [0.25, 0.3) is 0 Å². The van der Waals surface area contributed by atoms with Crippen LogP contribution in [0.2, 0.25) is 0 Å². The smallest absolute Gasteiger partial charge is 0.254 e. The summed E-state index contributed by atoms with van der Waals surface area (Å²) >= 11 is 0. The van der Waals surface area contributed by atoms with E-state index in [1.54, 1.807) is 36.4 Å². The molecule has 1 heterocycles. The topological polar surface area (TPSA) is 62.6 Å². The number of rotatable bonds is 6. The number of nitrogens with one attached hydrogen (secondary N) is 1. The van der Waals surface area contributed by atoms with Crippen molar-refractivity contribution in [1.82, 2.24) is 4.90 Å². The minimum Gasteiger partial charge on any atom is -0.467 e. The van der Waals surface area contributed by atoms with E-state index in [2.05, 4.69) is 5.32 Å². The molecule has 2 amide bonds. The largest absolute Gasteiger partial charge is 0.467 e. The van der Waals surface area contributed by atoms with Gasteiger partial charge in [-0.25, -0.2) is 4.39 Å². The van der Waals surface area contributed by atoms with Crippen LogP contribution in [0, 0.1) is 5.82 Å². The Morgan fingerprint density at radius 3 is 2.35 bits per heavy atom. The molecule has 132 valence electrons. The fraction of sp³-hybridized carbons (Fsp3) is 0.100. The van der Waals surface area contributed by atoms with Crippen molar-refractivity contribution >= 4 is 17.5 Å². The average molecular weight is 352 g/mol. The predicted molar refractivity (Wildman–Crippen MR) is 94.9 cm³/mol. The lowest BCUT2D eigenvalue weighted by Crippen LogP contribution is -2.37. The summed E-state index contributed by atoms with van der Waals surface area (Å²) < 4.78 is 18.4. The number of benzene rings is 2. The van der Waals surface area contributed by atoms with E-state index < -0.39 is 5.82 Å². The quantitative estimate of drug-likeness (QED) is 0.736. The molecule has 1 N–H and O–H groups in total. The van der Waals surface area contributed by atoms with Gasteiger partial charge in [0.25, 0.3) is 5.91 Å². The minimum atomic E-state index is -0.430. The molecule has 0 atom stereocenters. The Labute approximate surface area is 150 Å². The fourth-order valence-corrected chi connectivity index (χ4v) is 2.46. The molecule has 0 aliphatic carbocycles. The second-order valence-corrected chi connectivity index (χ2v) is 5.66. The van der Waals surface area contributed by atoms with Crippen LogP contribution in [-0.2, 0) is 11.3 Å². The molecular weight excluding hydrogens is 335 g/mol. The SMILES string of the molecule is O=C(CN(Cc1ccco1)C(=O)c1ccc(F)cc1)Nc1ccccc1. The van der Waals surface area contributed by atoms with Gasteiger partial charge < -0.3 is 14.6 Å². The molecule has 0 aliphatic rings. The van der Waals surface area contributed by atoms with Gasteiger partial charge in [-0.3, -0.25) is 9.59 Å². The second kappa shape index (κ2) is 8.11. The van der Waals surface area contributed by atoms with E-state index >= 15 is 0 Å². The van der Waals surface area contributed by atoms with Gasteiger partial charge in [0.2, 0.25) is 5.91 Å². The number of anilines is 1. The Morgan fingerprint density at radius 1 is 0.962 bits per heavy atom. The minimum absolute atomic E-state index is 0.130. The number of halogens is 1. The number of para-hydroxylation sites is 1. The van der Waals surface area contributed by atoms with E-state index in [9.17, 15) is 14.0 Å². The number of carbonyl (C=O) groups excluding carboxylic acids is 2. The third-order valence-electron chi connectivity index (χ3n) is 3.70. The fourth-order valence-electron chi connectivity index (χ4n) is 2.46. The Hall–Kier alpha value is -3.41. The second-order valence-electron chi connectivity index (χ2n) is 5.66. The summed E-state index contributed by atoms with van der Waals surface area (Å²) in [6.07, 6.45) is 1.50. The lowest BCUT2D eigenvalue weighted by Gasteiger charge is -2.21. The third kappa shape index (κ3) is 4.57. The average Bonchev–Trinajstić information content (AvgIpc) is 3.15. The van der Waals surface area contributed by atoms with Crippen LogP contribution in [-0.4, -0.2) is 23.3 Å². The molecule has 0 aliphatic heterocycles. The maximum absolute atomic E-state index is 13.1. The molecule has 5 nitrogen and oxygen atoms in total. The van der Waals surface area contributed by atoms with Crippen molar-refractivity contribution in [3.8, 4) is 0 Å². The Morgan fingerprint density at radius 2 is 1.69 bits per heavy atom. The van der Waals surface area contributed by atoms with Crippen molar-refractivity contribution in [1.29, 1.82) is 0 Å². The Kier molecular flexibility index (Phi) is 5.43. The van der Waals surface area contributed by atoms with Crippen LogP contribution in [0.1, 0.15) is 16.1 Å². The zero-order valence-corrected chi connectivity index (χ0v) is 13.9. The summed E-state index contributed by atoms with van der Waals surface area (Å²) in [4.78, 5) is 26.4. The summed E-state index contributed by atoms with van der Waals surface area (Å²) in [5, 5.41) is 2.74. The monoisotopic (exact) mass is 352 g/mol. The van der Waals surface area contributed by atoms with Gasteiger partial charge in [-0.1, -0.05) is 18.2 Å². The molecule has 0 saturated carbocycles. The van der Waals surface area contributed by atoms with E-state index in [1.165, 1.54) is 35.4 Å². The zero-order valence-electron chi connectivity index (χ0n) is 13.9. The maximum atomic E-state index is 13.1. The molecular formula is C20H17FN2O3. The molecule has 1 aromatic heterocycles. The van der Waals surface area contributed by atoms with E-state index in [0.29, 0.717) is 17.0 Å². The van der Waals surface area contributed by atoms with Gasteiger partial charge in [-0.15, -0.1) is 0 Å². The van der Waals surface area contributed by atoms with Crippen molar-refractivity contribution in [2.45, 2.75) is 6.54 Å². The van der Waals surface area contributed by atoms with Crippen LogP contribution in [0.5, 0.6) is 0 Å². The van der Waals surface area contributed by atoms with Crippen molar-refractivity contribution in [3.63, 3.8) is 0 Å². The molecule has 6 heteroatoms. The normalized spacial score (nSPS) is 10.3. The highest BCUT2D eigenvalue weighted by Crippen LogP contribution is 2.12. The Bertz CT molecular complexity index is 862. The van der Waals surface area contributed by atoms with Gasteiger partial charge in [-0.05, 0) is 48.5 Å². The van der Waals surface area contributed by atoms with E-state index in [4.69, 9.17) is 4.42 Å². The van der Waals surface area contributed by atoms with Crippen LogP contribution in [0.4, 0.5) is 10.1 Å². The van der Waals surface area contributed by atoms with Crippen molar-refractivity contribution in [2.75, 3.05) is 11.9 Å². The molecule has 3 aromatic rings. The van der Waals surface area contributed by atoms with Gasteiger partial charge in [0.1, 0.15) is 18.1 Å². The molecule has 3 rings (SSSR count). The summed E-state index contributed by atoms with van der Waals surface area (Å²) in [5.41, 5.74) is 0.940. The molecule has 0 fully saturated rings. The molecule has 0 saturated heterocycles. The lowest BCUT2D eigenvalue weighted by molar-refractivity contribution is -0.117. The van der Waals surface area contributed by atoms with E-state index in [1.807, 2.05) is 6.07 Å². The molecule has 0 spiro atoms. The standard InChI is InChI=1S/C20H17FN2O3/c21-16-10-8-15(9-11-16)20(25)23(13-18-7-4-12-26-18)14-19(24)22-17-5-2-1-3-6-17/h1-12H,13-14H2,(H,22,24). The van der Waals surface area contributed by atoms with Gasteiger partial charge in [-0.2, -0.15) is 0 Å². The van der Waals surface area contributed by atoms with Gasteiger partial charge in [0.05, 0.1) is 12.8 Å². The zero-order chi connectivity index (χ0) is 18.4. The summed E-state index contributed by atoms with van der Waals surface area (Å²) in [6.45, 7) is -0.0305. The summed E-state index contributed by atoms with van der Waals surface area (Å²) in [5.74, 6) is -0.600. The van der Waals surface area contributed by atoms with Crippen LogP contribution >= 0.6 is 0 Å². The highest BCUT2D eigenvalue weighted by atomic mass is 19.1. The molecule has 2 aromatic carbocycles. The first-order valence-corrected chi connectivity index (χ1v) is 8.04. The van der Waals surface area contributed by atoms with Gasteiger partial charge >= 0.3 is 0 Å². The highest BCUT2D eigenvalue weighted by molar-refractivity contribution is 5.99.